The number of hydrogen-bond donors (Lipinski definition) is 2. The molecule has 138 valence electrons. The number of carbonyl (C=O) groups is 3. The number of rotatable bonds is 5. The highest BCUT2D eigenvalue weighted by atomic mass is 32.1. The molecule has 2 N–H and O–H groups in total. The molecule has 1 heterocycles. The molecule has 0 spiro atoms. The minimum absolute atomic E-state index is 0.177. The van der Waals surface area contributed by atoms with Crippen LogP contribution in [0, 0.1) is 6.92 Å². The summed E-state index contributed by atoms with van der Waals surface area (Å²) in [5.74, 6) is -1.50. The van der Waals surface area contributed by atoms with E-state index in [1.54, 1.807) is 18.2 Å². The van der Waals surface area contributed by atoms with Crippen LogP contribution in [0.25, 0.3) is 10.2 Å². The molecule has 0 fully saturated rings. The van der Waals surface area contributed by atoms with Crippen molar-refractivity contribution in [2.24, 2.45) is 0 Å². The van der Waals surface area contributed by atoms with Crippen molar-refractivity contribution in [3.05, 3.63) is 53.6 Å². The van der Waals surface area contributed by atoms with E-state index in [4.69, 9.17) is 4.74 Å². The number of ether oxygens (including phenoxy) is 1. The van der Waals surface area contributed by atoms with Gasteiger partial charge in [0.05, 0.1) is 21.5 Å². The summed E-state index contributed by atoms with van der Waals surface area (Å²) in [6, 6.07) is 12.2. The molecular weight excluding hydrogens is 366 g/mol. The van der Waals surface area contributed by atoms with Gasteiger partial charge in [-0.1, -0.05) is 29.5 Å². The van der Waals surface area contributed by atoms with Crippen molar-refractivity contribution >= 4 is 50.2 Å². The number of benzene rings is 2. The van der Waals surface area contributed by atoms with E-state index in [9.17, 15) is 14.4 Å². The molecule has 1 aromatic heterocycles. The van der Waals surface area contributed by atoms with Gasteiger partial charge in [0.15, 0.2) is 11.7 Å². The molecule has 3 rings (SSSR count). The third kappa shape index (κ3) is 4.68. The molecule has 7 nitrogen and oxygen atoms in total. The van der Waals surface area contributed by atoms with E-state index < -0.39 is 18.5 Å². The number of fused-ring (bicyclic) bond motifs is 1. The Morgan fingerprint density at radius 1 is 1.11 bits per heavy atom. The molecule has 0 unspecified atom stereocenters. The fourth-order valence-corrected chi connectivity index (χ4v) is 3.39. The number of nitrogens with one attached hydrogen (secondary N) is 2. The van der Waals surface area contributed by atoms with Crippen molar-refractivity contribution in [2.75, 3.05) is 17.2 Å². The molecule has 0 atom stereocenters. The fourth-order valence-electron chi connectivity index (χ4n) is 2.41. The highest BCUT2D eigenvalue weighted by Crippen LogP contribution is 2.26. The second kappa shape index (κ2) is 7.96. The Morgan fingerprint density at radius 2 is 1.89 bits per heavy atom. The van der Waals surface area contributed by atoms with Crippen LogP contribution in [-0.4, -0.2) is 29.4 Å². The van der Waals surface area contributed by atoms with Gasteiger partial charge < -0.3 is 10.1 Å². The molecule has 0 aliphatic rings. The molecule has 0 saturated carbocycles. The predicted molar refractivity (Wildman–Crippen MR) is 104 cm³/mol. The highest BCUT2D eigenvalue weighted by Gasteiger charge is 2.15. The van der Waals surface area contributed by atoms with E-state index in [0.717, 1.165) is 15.8 Å². The second-order valence-electron chi connectivity index (χ2n) is 5.84. The summed E-state index contributed by atoms with van der Waals surface area (Å²) in [5, 5.41) is 5.62. The number of aryl methyl sites for hydroxylation is 1. The maximum absolute atomic E-state index is 12.2. The number of carbonyl (C=O) groups excluding carboxylic acids is 3. The average Bonchev–Trinajstić information content (AvgIpc) is 3.00. The summed E-state index contributed by atoms with van der Waals surface area (Å²) in [5.41, 5.74) is 2.41. The Labute approximate surface area is 159 Å². The van der Waals surface area contributed by atoms with Gasteiger partial charge in [-0.25, -0.2) is 9.78 Å². The van der Waals surface area contributed by atoms with Gasteiger partial charge in [0.1, 0.15) is 0 Å². The molecule has 2 aromatic carbocycles. The van der Waals surface area contributed by atoms with Crippen LogP contribution in [0.5, 0.6) is 0 Å². The fraction of sp³-hybridized carbons (Fsp3) is 0.158. The van der Waals surface area contributed by atoms with Crippen molar-refractivity contribution in [2.45, 2.75) is 13.8 Å². The highest BCUT2D eigenvalue weighted by molar-refractivity contribution is 7.22. The zero-order chi connectivity index (χ0) is 19.4. The van der Waals surface area contributed by atoms with Gasteiger partial charge in [-0.2, -0.15) is 0 Å². The van der Waals surface area contributed by atoms with Crippen LogP contribution < -0.4 is 10.6 Å². The van der Waals surface area contributed by atoms with Crippen LogP contribution in [0.1, 0.15) is 22.8 Å². The van der Waals surface area contributed by atoms with Crippen molar-refractivity contribution in [1.82, 2.24) is 4.98 Å². The summed E-state index contributed by atoms with van der Waals surface area (Å²) < 4.78 is 6.02. The minimum atomic E-state index is -0.700. The number of para-hydroxylation sites is 1. The number of aromatic nitrogens is 1. The Hall–Kier alpha value is -3.26. The third-order valence-corrected chi connectivity index (χ3v) is 4.52. The van der Waals surface area contributed by atoms with Gasteiger partial charge in [-0.3, -0.25) is 14.9 Å². The molecule has 0 aliphatic heterocycles. The van der Waals surface area contributed by atoms with Gasteiger partial charge in [-0.05, 0) is 36.8 Å². The average molecular weight is 383 g/mol. The van der Waals surface area contributed by atoms with Crippen LogP contribution in [0.2, 0.25) is 0 Å². The molecule has 2 amide bonds. The zero-order valence-corrected chi connectivity index (χ0v) is 15.6. The van der Waals surface area contributed by atoms with Gasteiger partial charge in [0, 0.05) is 6.92 Å². The lowest BCUT2D eigenvalue weighted by Gasteiger charge is -2.09. The molecule has 3 aromatic rings. The molecule has 0 bridgehead atoms. The molecule has 0 radical (unpaired) electrons. The van der Waals surface area contributed by atoms with Gasteiger partial charge in [0.2, 0.25) is 5.91 Å². The first-order valence-electron chi connectivity index (χ1n) is 8.13. The Balaban J connectivity index is 1.61. The lowest BCUT2D eigenvalue weighted by Crippen LogP contribution is -2.21. The Kier molecular flexibility index (Phi) is 5.46. The maximum atomic E-state index is 12.2. The first-order chi connectivity index (χ1) is 12.9. The summed E-state index contributed by atoms with van der Waals surface area (Å²) >= 11 is 1.35. The normalized spacial score (nSPS) is 10.4. The van der Waals surface area contributed by atoms with Gasteiger partial charge in [0.25, 0.3) is 5.91 Å². The van der Waals surface area contributed by atoms with E-state index in [2.05, 4.69) is 15.6 Å². The van der Waals surface area contributed by atoms with Crippen LogP contribution >= 0.6 is 11.3 Å². The third-order valence-electron chi connectivity index (χ3n) is 3.58. The van der Waals surface area contributed by atoms with E-state index in [1.165, 1.54) is 24.3 Å². The molecule has 27 heavy (non-hydrogen) atoms. The number of thiazole rings is 1. The summed E-state index contributed by atoms with van der Waals surface area (Å²) in [6.07, 6.45) is 0. The molecular formula is C19H17N3O4S. The van der Waals surface area contributed by atoms with Gasteiger partial charge >= 0.3 is 5.97 Å². The molecule has 0 saturated heterocycles. The smallest absolute Gasteiger partial charge is 0.340 e. The maximum Gasteiger partial charge on any atom is 0.340 e. The second-order valence-corrected chi connectivity index (χ2v) is 6.87. The first-order valence-corrected chi connectivity index (χ1v) is 8.95. The SMILES string of the molecule is CC(=O)Nc1ccccc1C(=O)OCC(=O)Nc1nc2ccc(C)cc2s1. The van der Waals surface area contributed by atoms with E-state index in [-0.39, 0.29) is 11.5 Å². The monoisotopic (exact) mass is 383 g/mol. The standard InChI is InChI=1S/C19H17N3O4S/c1-11-7-8-15-16(9-11)27-19(21-15)22-17(24)10-26-18(25)13-5-3-4-6-14(13)20-12(2)23/h3-9H,10H2,1-2H3,(H,20,23)(H,21,22,24). The summed E-state index contributed by atoms with van der Waals surface area (Å²) in [4.78, 5) is 39.8. The van der Waals surface area contributed by atoms with Crippen molar-refractivity contribution in [1.29, 1.82) is 0 Å². The molecule has 0 aliphatic carbocycles. The van der Waals surface area contributed by atoms with Crippen molar-refractivity contribution < 1.29 is 19.1 Å². The molecule has 8 heteroatoms. The number of anilines is 2. The lowest BCUT2D eigenvalue weighted by atomic mass is 10.2. The largest absolute Gasteiger partial charge is 0.452 e. The van der Waals surface area contributed by atoms with E-state index in [0.29, 0.717) is 10.8 Å². The Morgan fingerprint density at radius 3 is 2.67 bits per heavy atom. The lowest BCUT2D eigenvalue weighted by molar-refractivity contribution is -0.119. The van der Waals surface area contributed by atoms with Crippen molar-refractivity contribution in [3.63, 3.8) is 0 Å². The van der Waals surface area contributed by atoms with Crippen LogP contribution in [0.4, 0.5) is 10.8 Å². The number of nitrogens with zero attached hydrogens (tertiary/aromatic N) is 1. The minimum Gasteiger partial charge on any atom is -0.452 e. The number of hydrogen-bond acceptors (Lipinski definition) is 6. The first kappa shape index (κ1) is 18.5. The van der Waals surface area contributed by atoms with Crippen molar-refractivity contribution in [3.8, 4) is 0 Å². The summed E-state index contributed by atoms with van der Waals surface area (Å²) in [6.45, 7) is 2.87. The summed E-state index contributed by atoms with van der Waals surface area (Å²) in [7, 11) is 0. The quantitative estimate of drug-likeness (QED) is 0.659. The van der Waals surface area contributed by atoms with E-state index in [1.807, 2.05) is 25.1 Å². The zero-order valence-electron chi connectivity index (χ0n) is 14.7. The Bertz CT molecular complexity index is 1030. The van der Waals surface area contributed by atoms with Crippen LogP contribution in [0.15, 0.2) is 42.5 Å². The predicted octanol–water partition coefficient (Wildman–Crippen LogP) is 3.36. The van der Waals surface area contributed by atoms with Gasteiger partial charge in [-0.15, -0.1) is 0 Å². The number of amides is 2. The topological polar surface area (TPSA) is 97.4 Å². The van der Waals surface area contributed by atoms with Crippen LogP contribution in [0.3, 0.4) is 0 Å². The number of esters is 1. The van der Waals surface area contributed by atoms with Crippen LogP contribution in [-0.2, 0) is 14.3 Å². The van der Waals surface area contributed by atoms with E-state index >= 15 is 0 Å².